The SMILES string of the molecule is Cc1oc(C2CCCCC2)nc1C(=O)NC1C[C@@H]2C[C@H]([C@H]1C)C2(C)C. The number of nitrogens with zero attached hydrogens (tertiary/aromatic N) is 1. The summed E-state index contributed by atoms with van der Waals surface area (Å²) in [6.45, 7) is 8.95. The Morgan fingerprint density at radius 2 is 1.92 bits per heavy atom. The van der Waals surface area contributed by atoms with Crippen LogP contribution in [0.3, 0.4) is 0 Å². The molecule has 4 aliphatic rings. The molecule has 1 amide bonds. The zero-order valence-corrected chi connectivity index (χ0v) is 16.1. The molecule has 138 valence electrons. The van der Waals surface area contributed by atoms with E-state index < -0.39 is 0 Å². The number of aryl methyl sites for hydroxylation is 1. The van der Waals surface area contributed by atoms with E-state index in [0.717, 1.165) is 37.0 Å². The largest absolute Gasteiger partial charge is 0.445 e. The molecule has 1 heterocycles. The van der Waals surface area contributed by atoms with Gasteiger partial charge in [0.2, 0.25) is 0 Å². The number of carbonyl (C=O) groups excluding carboxylic acids is 1. The van der Waals surface area contributed by atoms with Crippen LogP contribution in [0.25, 0.3) is 0 Å². The third-order valence-corrected chi connectivity index (χ3v) is 7.65. The van der Waals surface area contributed by atoms with E-state index in [-0.39, 0.29) is 11.9 Å². The van der Waals surface area contributed by atoms with Gasteiger partial charge in [0.15, 0.2) is 11.6 Å². The quantitative estimate of drug-likeness (QED) is 0.854. The van der Waals surface area contributed by atoms with Crippen LogP contribution in [-0.2, 0) is 0 Å². The molecule has 4 atom stereocenters. The summed E-state index contributed by atoms with van der Waals surface area (Å²) >= 11 is 0. The van der Waals surface area contributed by atoms with Crippen LogP contribution in [0.4, 0.5) is 0 Å². The first-order chi connectivity index (χ1) is 11.9. The van der Waals surface area contributed by atoms with Crippen LogP contribution in [-0.4, -0.2) is 16.9 Å². The van der Waals surface area contributed by atoms with Crippen molar-refractivity contribution in [3.8, 4) is 0 Å². The van der Waals surface area contributed by atoms with Gasteiger partial charge < -0.3 is 9.73 Å². The highest BCUT2D eigenvalue weighted by Gasteiger charge is 2.56. The van der Waals surface area contributed by atoms with Crippen molar-refractivity contribution in [3.63, 3.8) is 0 Å². The molecule has 0 radical (unpaired) electrons. The van der Waals surface area contributed by atoms with Crippen LogP contribution in [0.2, 0.25) is 0 Å². The number of nitrogens with one attached hydrogen (secondary N) is 1. The van der Waals surface area contributed by atoms with Gasteiger partial charge in [0.25, 0.3) is 5.91 Å². The van der Waals surface area contributed by atoms with Gasteiger partial charge in [0, 0.05) is 12.0 Å². The van der Waals surface area contributed by atoms with Crippen LogP contribution < -0.4 is 5.32 Å². The van der Waals surface area contributed by atoms with Gasteiger partial charge in [-0.15, -0.1) is 0 Å². The number of rotatable bonds is 3. The summed E-state index contributed by atoms with van der Waals surface area (Å²) in [6, 6.07) is 0.276. The zero-order valence-electron chi connectivity index (χ0n) is 16.1. The second kappa shape index (κ2) is 6.14. The molecule has 0 saturated heterocycles. The second-order valence-corrected chi connectivity index (χ2v) is 9.33. The first-order valence-electron chi connectivity index (χ1n) is 10.2. The van der Waals surface area contributed by atoms with Crippen LogP contribution in [0.15, 0.2) is 4.42 Å². The van der Waals surface area contributed by atoms with Crippen LogP contribution >= 0.6 is 0 Å². The number of amides is 1. The average molecular weight is 344 g/mol. The molecular weight excluding hydrogens is 312 g/mol. The Labute approximate surface area is 151 Å². The van der Waals surface area contributed by atoms with Crippen molar-refractivity contribution in [1.29, 1.82) is 0 Å². The number of hydrogen-bond donors (Lipinski definition) is 1. The number of hydrogen-bond acceptors (Lipinski definition) is 3. The first-order valence-corrected chi connectivity index (χ1v) is 10.2. The third kappa shape index (κ3) is 2.82. The van der Waals surface area contributed by atoms with Gasteiger partial charge in [-0.1, -0.05) is 40.0 Å². The van der Waals surface area contributed by atoms with Gasteiger partial charge >= 0.3 is 0 Å². The maximum Gasteiger partial charge on any atom is 0.273 e. The zero-order chi connectivity index (χ0) is 17.8. The summed E-state index contributed by atoms with van der Waals surface area (Å²) in [5.74, 6) is 3.82. The maximum absolute atomic E-state index is 12.8. The third-order valence-electron chi connectivity index (χ3n) is 7.65. The van der Waals surface area contributed by atoms with Crippen LogP contribution in [0.1, 0.15) is 93.8 Å². The first kappa shape index (κ1) is 17.1. The normalized spacial score (nSPS) is 34.4. The fourth-order valence-electron chi connectivity index (χ4n) is 5.73. The standard InChI is InChI=1S/C21H32N2O2/c1-12-16-10-15(21(16,3)4)11-17(12)22-19(24)18-13(2)25-20(23-18)14-8-6-5-7-9-14/h12,14-17H,5-11H2,1-4H3,(H,22,24)/t12-,15+,16-,17?/m1/s1. The highest BCUT2D eigenvalue weighted by Crippen LogP contribution is 2.61. The lowest BCUT2D eigenvalue weighted by atomic mass is 9.45. The number of oxazole rings is 1. The van der Waals surface area contributed by atoms with E-state index in [1.165, 1.54) is 25.7 Å². The molecule has 1 aromatic rings. The van der Waals surface area contributed by atoms with Crippen molar-refractivity contribution in [2.24, 2.45) is 23.2 Å². The van der Waals surface area contributed by atoms with E-state index in [2.05, 4.69) is 31.1 Å². The van der Waals surface area contributed by atoms with E-state index in [0.29, 0.717) is 28.7 Å². The van der Waals surface area contributed by atoms with E-state index in [1.807, 2.05) is 6.92 Å². The van der Waals surface area contributed by atoms with Gasteiger partial charge in [0.1, 0.15) is 5.76 Å². The van der Waals surface area contributed by atoms with E-state index in [1.54, 1.807) is 0 Å². The molecule has 1 unspecified atom stereocenters. The minimum Gasteiger partial charge on any atom is -0.445 e. The predicted molar refractivity (Wildman–Crippen MR) is 97.5 cm³/mol. The van der Waals surface area contributed by atoms with Gasteiger partial charge in [-0.05, 0) is 55.8 Å². The molecule has 0 aromatic carbocycles. The summed E-state index contributed by atoms with van der Waals surface area (Å²) in [4.78, 5) is 17.4. The van der Waals surface area contributed by atoms with Gasteiger partial charge in [-0.2, -0.15) is 0 Å². The van der Waals surface area contributed by atoms with E-state index in [9.17, 15) is 4.79 Å². The summed E-state index contributed by atoms with van der Waals surface area (Å²) in [6.07, 6.45) is 8.50. The Balaban J connectivity index is 1.44. The highest BCUT2D eigenvalue weighted by molar-refractivity contribution is 5.93. The summed E-state index contributed by atoms with van der Waals surface area (Å²) < 4.78 is 5.88. The lowest BCUT2D eigenvalue weighted by Gasteiger charge is -2.62. The Bertz CT molecular complexity index is 657. The molecule has 2 bridgehead atoms. The summed E-state index contributed by atoms with van der Waals surface area (Å²) in [5.41, 5.74) is 0.949. The molecule has 5 rings (SSSR count). The molecule has 4 heteroatoms. The molecule has 1 aromatic heterocycles. The van der Waals surface area contributed by atoms with Crippen molar-refractivity contribution >= 4 is 5.91 Å². The van der Waals surface area contributed by atoms with Crippen molar-refractivity contribution < 1.29 is 9.21 Å². The van der Waals surface area contributed by atoms with Crippen molar-refractivity contribution in [2.75, 3.05) is 0 Å². The van der Waals surface area contributed by atoms with Gasteiger partial charge in [0.05, 0.1) is 0 Å². The second-order valence-electron chi connectivity index (χ2n) is 9.33. The topological polar surface area (TPSA) is 55.1 Å². The van der Waals surface area contributed by atoms with Gasteiger partial charge in [-0.25, -0.2) is 4.98 Å². The molecule has 0 aliphatic heterocycles. The molecule has 4 fully saturated rings. The fourth-order valence-corrected chi connectivity index (χ4v) is 5.73. The Morgan fingerprint density at radius 1 is 1.20 bits per heavy atom. The smallest absolute Gasteiger partial charge is 0.273 e. The van der Waals surface area contributed by atoms with Crippen LogP contribution in [0.5, 0.6) is 0 Å². The van der Waals surface area contributed by atoms with E-state index in [4.69, 9.17) is 4.42 Å². The highest BCUT2D eigenvalue weighted by atomic mass is 16.4. The Kier molecular flexibility index (Phi) is 4.20. The summed E-state index contributed by atoms with van der Waals surface area (Å²) in [5, 5.41) is 3.28. The molecule has 1 N–H and O–H groups in total. The molecule has 4 nitrogen and oxygen atoms in total. The average Bonchev–Trinajstić information content (AvgIpc) is 2.99. The molecule has 0 spiro atoms. The lowest BCUT2D eigenvalue weighted by molar-refractivity contribution is -0.113. The molecular formula is C21H32N2O2. The number of fused-ring (bicyclic) bond motifs is 2. The summed E-state index contributed by atoms with van der Waals surface area (Å²) in [7, 11) is 0. The van der Waals surface area contributed by atoms with Crippen LogP contribution in [0, 0.1) is 30.1 Å². The Morgan fingerprint density at radius 3 is 2.56 bits per heavy atom. The molecule has 25 heavy (non-hydrogen) atoms. The minimum absolute atomic E-state index is 0.0423. The number of aromatic nitrogens is 1. The molecule has 4 aliphatic carbocycles. The minimum atomic E-state index is -0.0423. The maximum atomic E-state index is 12.8. The van der Waals surface area contributed by atoms with Crippen molar-refractivity contribution in [3.05, 3.63) is 17.3 Å². The number of carbonyl (C=O) groups is 1. The van der Waals surface area contributed by atoms with E-state index >= 15 is 0 Å². The van der Waals surface area contributed by atoms with Crippen molar-refractivity contribution in [2.45, 2.75) is 84.6 Å². The Hall–Kier alpha value is -1.32. The van der Waals surface area contributed by atoms with Gasteiger partial charge in [-0.3, -0.25) is 4.79 Å². The molecule has 4 saturated carbocycles. The monoisotopic (exact) mass is 344 g/mol. The lowest BCUT2D eigenvalue weighted by Crippen LogP contribution is -2.60. The fraction of sp³-hybridized carbons (Fsp3) is 0.810. The van der Waals surface area contributed by atoms with Crippen molar-refractivity contribution in [1.82, 2.24) is 10.3 Å². The predicted octanol–water partition coefficient (Wildman–Crippen LogP) is 4.83.